The molecule has 3 aromatic rings. The molecule has 1 N–H and O–H groups in total. The van der Waals surface area contributed by atoms with Crippen LogP contribution in [0.3, 0.4) is 0 Å². The van der Waals surface area contributed by atoms with Crippen molar-refractivity contribution in [1.29, 1.82) is 0 Å². The molecule has 26 heavy (non-hydrogen) atoms. The van der Waals surface area contributed by atoms with E-state index in [0.717, 1.165) is 5.69 Å². The number of hydrogen-bond acceptors (Lipinski definition) is 2. The summed E-state index contributed by atoms with van der Waals surface area (Å²) in [5.74, 6) is -0.392. The number of nitrogens with zero attached hydrogens (tertiary/aromatic N) is 1. The molecule has 0 bridgehead atoms. The molecule has 0 aliphatic heterocycles. The topological polar surface area (TPSA) is 49.4 Å². The predicted octanol–water partition coefficient (Wildman–Crippen LogP) is 4.61. The summed E-state index contributed by atoms with van der Waals surface area (Å²) in [7, 11) is 0. The molecule has 0 heterocycles. The zero-order valence-corrected chi connectivity index (χ0v) is 14.6. The minimum absolute atomic E-state index is 0.150. The molecule has 0 saturated heterocycles. The standard InChI is InChI=1S/C22H20N2O2/c1-2-24(18-13-7-4-8-14-18)22(26)19-15-9-10-16-20(19)23-21(25)17-11-5-3-6-12-17/h3-16H,2H2,1H3,(H,23,25). The molecule has 0 aromatic heterocycles. The second-order valence-electron chi connectivity index (χ2n) is 5.75. The Morgan fingerprint density at radius 1 is 0.808 bits per heavy atom. The first-order valence-corrected chi connectivity index (χ1v) is 8.53. The highest BCUT2D eigenvalue weighted by Gasteiger charge is 2.20. The van der Waals surface area contributed by atoms with Crippen molar-refractivity contribution in [1.82, 2.24) is 0 Å². The van der Waals surface area contributed by atoms with Gasteiger partial charge in [-0.15, -0.1) is 0 Å². The van der Waals surface area contributed by atoms with Crippen molar-refractivity contribution in [2.24, 2.45) is 0 Å². The lowest BCUT2D eigenvalue weighted by molar-refractivity contribution is 0.0989. The van der Waals surface area contributed by atoms with Gasteiger partial charge in [-0.2, -0.15) is 0 Å². The van der Waals surface area contributed by atoms with Gasteiger partial charge in [0.2, 0.25) is 0 Å². The third kappa shape index (κ3) is 3.81. The summed E-state index contributed by atoms with van der Waals surface area (Å²) in [6.07, 6.45) is 0. The Morgan fingerprint density at radius 3 is 2.04 bits per heavy atom. The fourth-order valence-electron chi connectivity index (χ4n) is 2.76. The molecule has 0 aliphatic carbocycles. The summed E-state index contributed by atoms with van der Waals surface area (Å²) < 4.78 is 0. The fraction of sp³-hybridized carbons (Fsp3) is 0.0909. The lowest BCUT2D eigenvalue weighted by Crippen LogP contribution is -2.31. The summed E-state index contributed by atoms with van der Waals surface area (Å²) in [5, 5.41) is 2.85. The molecule has 4 nitrogen and oxygen atoms in total. The van der Waals surface area contributed by atoms with E-state index in [9.17, 15) is 9.59 Å². The van der Waals surface area contributed by atoms with Gasteiger partial charge in [-0.25, -0.2) is 0 Å². The minimum Gasteiger partial charge on any atom is -0.321 e. The highest BCUT2D eigenvalue weighted by molar-refractivity contribution is 6.13. The Balaban J connectivity index is 1.89. The van der Waals surface area contributed by atoms with Crippen LogP contribution in [-0.4, -0.2) is 18.4 Å². The Hall–Kier alpha value is -3.40. The molecular formula is C22H20N2O2. The molecule has 0 fully saturated rings. The van der Waals surface area contributed by atoms with Crippen LogP contribution in [-0.2, 0) is 0 Å². The van der Waals surface area contributed by atoms with E-state index in [2.05, 4.69) is 5.32 Å². The summed E-state index contributed by atoms with van der Waals surface area (Å²) >= 11 is 0. The summed E-state index contributed by atoms with van der Waals surface area (Å²) in [6.45, 7) is 2.46. The van der Waals surface area contributed by atoms with Gasteiger partial charge in [0.25, 0.3) is 11.8 Å². The van der Waals surface area contributed by atoms with Crippen LogP contribution in [0.5, 0.6) is 0 Å². The van der Waals surface area contributed by atoms with Crippen LogP contribution < -0.4 is 10.2 Å². The van der Waals surface area contributed by atoms with Crippen molar-refractivity contribution in [3.63, 3.8) is 0 Å². The van der Waals surface area contributed by atoms with Crippen LogP contribution in [0.25, 0.3) is 0 Å². The van der Waals surface area contributed by atoms with E-state index in [1.165, 1.54) is 0 Å². The van der Waals surface area contributed by atoms with Crippen molar-refractivity contribution in [3.8, 4) is 0 Å². The highest BCUT2D eigenvalue weighted by Crippen LogP contribution is 2.22. The van der Waals surface area contributed by atoms with Gasteiger partial charge >= 0.3 is 0 Å². The molecule has 2 amide bonds. The van der Waals surface area contributed by atoms with Crippen molar-refractivity contribution >= 4 is 23.2 Å². The van der Waals surface area contributed by atoms with Crippen molar-refractivity contribution in [2.45, 2.75) is 6.92 Å². The number of anilines is 2. The molecule has 3 aromatic carbocycles. The van der Waals surface area contributed by atoms with E-state index < -0.39 is 0 Å². The Kier molecular flexibility index (Phi) is 5.44. The Morgan fingerprint density at radius 2 is 1.38 bits per heavy atom. The molecule has 0 saturated carbocycles. The van der Waals surface area contributed by atoms with Crippen molar-refractivity contribution in [3.05, 3.63) is 96.1 Å². The van der Waals surface area contributed by atoms with Crippen LogP contribution in [0.4, 0.5) is 11.4 Å². The van der Waals surface area contributed by atoms with Crippen molar-refractivity contribution < 1.29 is 9.59 Å². The van der Waals surface area contributed by atoms with E-state index in [1.807, 2.05) is 43.3 Å². The van der Waals surface area contributed by atoms with E-state index in [-0.39, 0.29) is 11.8 Å². The molecule has 4 heteroatoms. The SMILES string of the molecule is CCN(C(=O)c1ccccc1NC(=O)c1ccccc1)c1ccccc1. The first-order valence-electron chi connectivity index (χ1n) is 8.53. The lowest BCUT2D eigenvalue weighted by atomic mass is 10.1. The summed E-state index contributed by atoms with van der Waals surface area (Å²) in [4.78, 5) is 27.2. The normalized spacial score (nSPS) is 10.2. The second kappa shape index (κ2) is 8.12. The Bertz CT molecular complexity index is 892. The zero-order valence-electron chi connectivity index (χ0n) is 14.6. The predicted molar refractivity (Wildman–Crippen MR) is 105 cm³/mol. The van der Waals surface area contributed by atoms with E-state index >= 15 is 0 Å². The number of carbonyl (C=O) groups excluding carboxylic acids is 2. The quantitative estimate of drug-likeness (QED) is 0.735. The maximum Gasteiger partial charge on any atom is 0.260 e. The van der Waals surface area contributed by atoms with Crippen molar-refractivity contribution in [2.75, 3.05) is 16.8 Å². The second-order valence-corrected chi connectivity index (χ2v) is 5.75. The summed E-state index contributed by atoms with van der Waals surface area (Å²) in [6, 6.07) is 25.5. The average molecular weight is 344 g/mol. The average Bonchev–Trinajstić information content (AvgIpc) is 2.70. The van der Waals surface area contributed by atoms with Gasteiger partial charge in [0.15, 0.2) is 0 Å². The molecule has 0 spiro atoms. The summed E-state index contributed by atoms with van der Waals surface area (Å²) in [5.41, 5.74) is 2.33. The number of para-hydroxylation sites is 2. The highest BCUT2D eigenvalue weighted by atomic mass is 16.2. The molecule has 0 aliphatic rings. The fourth-order valence-corrected chi connectivity index (χ4v) is 2.76. The molecule has 0 unspecified atom stereocenters. The van der Waals surface area contributed by atoms with Crippen LogP contribution in [0.15, 0.2) is 84.9 Å². The molecule has 0 atom stereocenters. The number of hydrogen-bond donors (Lipinski definition) is 1. The largest absolute Gasteiger partial charge is 0.321 e. The number of carbonyl (C=O) groups is 2. The first kappa shape index (κ1) is 17.4. The number of rotatable bonds is 5. The lowest BCUT2D eigenvalue weighted by Gasteiger charge is -2.22. The molecule has 0 radical (unpaired) electrons. The van der Waals surface area contributed by atoms with Crippen LogP contribution in [0, 0.1) is 0 Å². The van der Waals surface area contributed by atoms with Gasteiger partial charge in [0.1, 0.15) is 0 Å². The van der Waals surface area contributed by atoms with Gasteiger partial charge in [0.05, 0.1) is 11.3 Å². The van der Waals surface area contributed by atoms with E-state index in [1.54, 1.807) is 53.4 Å². The van der Waals surface area contributed by atoms with Crippen LogP contribution in [0.2, 0.25) is 0 Å². The monoisotopic (exact) mass is 344 g/mol. The number of amides is 2. The molecular weight excluding hydrogens is 324 g/mol. The molecule has 3 rings (SSSR count). The number of nitrogens with one attached hydrogen (secondary N) is 1. The third-order valence-electron chi connectivity index (χ3n) is 4.07. The van der Waals surface area contributed by atoms with E-state index in [0.29, 0.717) is 23.4 Å². The Labute approximate surface area is 153 Å². The van der Waals surface area contributed by atoms with Gasteiger partial charge in [0, 0.05) is 17.8 Å². The molecule has 130 valence electrons. The van der Waals surface area contributed by atoms with Gasteiger partial charge in [-0.1, -0.05) is 48.5 Å². The van der Waals surface area contributed by atoms with Gasteiger partial charge in [-0.3, -0.25) is 9.59 Å². The smallest absolute Gasteiger partial charge is 0.260 e. The maximum absolute atomic E-state index is 13.1. The maximum atomic E-state index is 13.1. The van der Waals surface area contributed by atoms with Crippen LogP contribution >= 0.6 is 0 Å². The minimum atomic E-state index is -0.242. The zero-order chi connectivity index (χ0) is 18.4. The first-order chi connectivity index (χ1) is 12.7. The van der Waals surface area contributed by atoms with Gasteiger partial charge < -0.3 is 10.2 Å². The van der Waals surface area contributed by atoms with E-state index in [4.69, 9.17) is 0 Å². The van der Waals surface area contributed by atoms with Crippen LogP contribution in [0.1, 0.15) is 27.6 Å². The van der Waals surface area contributed by atoms with Gasteiger partial charge in [-0.05, 0) is 43.3 Å². The number of benzene rings is 3. The third-order valence-corrected chi connectivity index (χ3v) is 4.07.